The van der Waals surface area contributed by atoms with E-state index >= 15 is 0 Å². The third-order valence-electron chi connectivity index (χ3n) is 4.34. The molecule has 7 nitrogen and oxygen atoms in total. The number of nitrogens with two attached hydrogens (primary N) is 1. The Kier molecular flexibility index (Phi) is 6.29. The molecule has 140 valence electrons. The molecule has 2 aromatic heterocycles. The van der Waals surface area contributed by atoms with E-state index in [4.69, 9.17) is 21.9 Å². The van der Waals surface area contributed by atoms with Crippen LogP contribution in [0.3, 0.4) is 0 Å². The highest BCUT2D eigenvalue weighted by Crippen LogP contribution is 2.31. The highest BCUT2D eigenvalue weighted by molar-refractivity contribution is 7.19. The van der Waals surface area contributed by atoms with Gasteiger partial charge in [0.1, 0.15) is 0 Å². The molecule has 0 radical (unpaired) electrons. The van der Waals surface area contributed by atoms with Crippen molar-refractivity contribution in [2.75, 3.05) is 19.6 Å². The highest BCUT2D eigenvalue weighted by atomic mass is 35.5. The zero-order valence-electron chi connectivity index (χ0n) is 14.2. The van der Waals surface area contributed by atoms with Gasteiger partial charge >= 0.3 is 0 Å². The fourth-order valence-electron chi connectivity index (χ4n) is 3.02. The molecule has 1 saturated heterocycles. The van der Waals surface area contributed by atoms with Crippen molar-refractivity contribution in [3.05, 3.63) is 28.2 Å². The van der Waals surface area contributed by atoms with E-state index in [9.17, 15) is 9.59 Å². The zero-order chi connectivity index (χ0) is 18.5. The highest BCUT2D eigenvalue weighted by Gasteiger charge is 2.29. The van der Waals surface area contributed by atoms with Gasteiger partial charge in [-0.3, -0.25) is 9.59 Å². The number of amides is 2. The topological polar surface area (TPSA) is 101 Å². The first-order valence-corrected chi connectivity index (χ1v) is 9.78. The summed E-state index contributed by atoms with van der Waals surface area (Å²) in [6.07, 6.45) is 3.10. The Balaban J connectivity index is 1.68. The molecule has 1 aliphatic heterocycles. The first-order valence-electron chi connectivity index (χ1n) is 8.58. The Morgan fingerprint density at radius 2 is 2.27 bits per heavy atom. The van der Waals surface area contributed by atoms with Crippen LogP contribution >= 0.6 is 22.9 Å². The second-order valence-electron chi connectivity index (χ2n) is 6.17. The van der Waals surface area contributed by atoms with E-state index in [2.05, 4.69) is 10.5 Å². The van der Waals surface area contributed by atoms with Gasteiger partial charge in [0.15, 0.2) is 11.5 Å². The Morgan fingerprint density at radius 3 is 3.00 bits per heavy atom. The van der Waals surface area contributed by atoms with Crippen LogP contribution in [0.15, 0.2) is 22.7 Å². The molecule has 0 bridgehead atoms. The predicted molar refractivity (Wildman–Crippen MR) is 100 cm³/mol. The summed E-state index contributed by atoms with van der Waals surface area (Å²) in [6.45, 7) is 1.38. The molecule has 26 heavy (non-hydrogen) atoms. The van der Waals surface area contributed by atoms with E-state index in [1.807, 2.05) is 6.07 Å². The standard InChI is InChI=1S/C17H21ClN4O3S/c18-15-5-4-14(26-15)13-9-12(21-25-13)17(24)22-8-2-1-3-11(22)10-20-16(23)6-7-19/h4-5,9,11H,1-3,6-8,10,19H2,(H,20,23). The van der Waals surface area contributed by atoms with E-state index in [-0.39, 0.29) is 30.0 Å². The van der Waals surface area contributed by atoms with Crippen LogP contribution in [-0.4, -0.2) is 47.5 Å². The summed E-state index contributed by atoms with van der Waals surface area (Å²) in [4.78, 5) is 27.1. The van der Waals surface area contributed by atoms with Gasteiger partial charge in [-0.2, -0.15) is 0 Å². The molecule has 0 saturated carbocycles. The summed E-state index contributed by atoms with van der Waals surface area (Å²) in [6, 6.07) is 5.20. The van der Waals surface area contributed by atoms with E-state index < -0.39 is 0 Å². The van der Waals surface area contributed by atoms with Crippen LogP contribution in [0.1, 0.15) is 36.2 Å². The fourth-order valence-corrected chi connectivity index (χ4v) is 4.01. The van der Waals surface area contributed by atoms with E-state index in [1.54, 1.807) is 17.0 Å². The van der Waals surface area contributed by atoms with Crippen LogP contribution in [0.5, 0.6) is 0 Å². The van der Waals surface area contributed by atoms with Gasteiger partial charge in [0.05, 0.1) is 9.21 Å². The average Bonchev–Trinajstić information content (AvgIpc) is 3.29. The van der Waals surface area contributed by atoms with Gasteiger partial charge in [0.2, 0.25) is 5.91 Å². The molecule has 3 rings (SSSR count). The predicted octanol–water partition coefficient (Wildman–Crippen LogP) is 2.52. The lowest BCUT2D eigenvalue weighted by Gasteiger charge is -2.35. The normalized spacial score (nSPS) is 17.3. The number of aromatic nitrogens is 1. The molecule has 1 unspecified atom stereocenters. The molecule has 2 aromatic rings. The monoisotopic (exact) mass is 396 g/mol. The van der Waals surface area contributed by atoms with Crippen LogP contribution in [-0.2, 0) is 4.79 Å². The maximum Gasteiger partial charge on any atom is 0.276 e. The zero-order valence-corrected chi connectivity index (χ0v) is 15.8. The van der Waals surface area contributed by atoms with Crippen molar-refractivity contribution >= 4 is 34.8 Å². The molecule has 2 amide bonds. The number of thiophene rings is 1. The molecular formula is C17H21ClN4O3S. The summed E-state index contributed by atoms with van der Waals surface area (Å²) in [5.74, 6) is 0.249. The molecule has 9 heteroatoms. The van der Waals surface area contributed by atoms with Crippen molar-refractivity contribution in [3.63, 3.8) is 0 Å². The minimum Gasteiger partial charge on any atom is -0.355 e. The lowest BCUT2D eigenvalue weighted by molar-refractivity contribution is -0.121. The summed E-state index contributed by atoms with van der Waals surface area (Å²) in [7, 11) is 0. The number of likely N-dealkylation sites (tertiary alicyclic amines) is 1. The first-order chi connectivity index (χ1) is 12.6. The van der Waals surface area contributed by atoms with Gasteiger partial charge < -0.3 is 20.5 Å². The minimum absolute atomic E-state index is 0.0469. The maximum absolute atomic E-state index is 12.9. The molecular weight excluding hydrogens is 376 g/mol. The van der Waals surface area contributed by atoms with Gasteiger partial charge in [-0.15, -0.1) is 11.3 Å². The number of carbonyl (C=O) groups is 2. The van der Waals surface area contributed by atoms with E-state index in [0.29, 0.717) is 29.7 Å². The second kappa shape index (κ2) is 8.66. The molecule has 1 aliphatic rings. The van der Waals surface area contributed by atoms with Crippen molar-refractivity contribution in [2.45, 2.75) is 31.7 Å². The minimum atomic E-state index is -0.180. The number of rotatable bonds is 6. The molecule has 1 atom stereocenters. The number of nitrogens with one attached hydrogen (secondary N) is 1. The third kappa shape index (κ3) is 4.44. The first kappa shape index (κ1) is 18.9. The number of carbonyl (C=O) groups excluding carboxylic acids is 2. The number of nitrogens with zero attached hydrogens (tertiary/aromatic N) is 2. The van der Waals surface area contributed by atoms with Gasteiger partial charge in [0.25, 0.3) is 5.91 Å². The molecule has 1 fully saturated rings. The lowest BCUT2D eigenvalue weighted by atomic mass is 10.0. The molecule has 3 heterocycles. The maximum atomic E-state index is 12.9. The smallest absolute Gasteiger partial charge is 0.276 e. The largest absolute Gasteiger partial charge is 0.355 e. The van der Waals surface area contributed by atoms with Crippen LogP contribution in [0.25, 0.3) is 10.6 Å². The van der Waals surface area contributed by atoms with Gasteiger partial charge in [-0.1, -0.05) is 16.8 Å². The van der Waals surface area contributed by atoms with Crippen LogP contribution < -0.4 is 11.1 Å². The summed E-state index contributed by atoms with van der Waals surface area (Å²) >= 11 is 7.31. The number of hydrogen-bond donors (Lipinski definition) is 2. The lowest BCUT2D eigenvalue weighted by Crippen LogP contribution is -2.49. The molecule has 3 N–H and O–H groups in total. The second-order valence-corrected chi connectivity index (χ2v) is 7.89. The van der Waals surface area contributed by atoms with Crippen molar-refractivity contribution in [1.29, 1.82) is 0 Å². The summed E-state index contributed by atoms with van der Waals surface area (Å²) in [5, 5.41) is 6.78. The average molecular weight is 397 g/mol. The van der Waals surface area contributed by atoms with Crippen molar-refractivity contribution in [3.8, 4) is 10.6 Å². The third-order valence-corrected chi connectivity index (χ3v) is 5.59. The molecule has 0 aromatic carbocycles. The SMILES string of the molecule is NCCC(=O)NCC1CCCCN1C(=O)c1cc(-c2ccc(Cl)s2)on1. The summed E-state index contributed by atoms with van der Waals surface area (Å²) < 4.78 is 5.96. The van der Waals surface area contributed by atoms with E-state index in [0.717, 1.165) is 24.1 Å². The number of halogens is 1. The van der Waals surface area contributed by atoms with Crippen molar-refractivity contribution in [2.24, 2.45) is 5.73 Å². The van der Waals surface area contributed by atoms with Crippen LogP contribution in [0, 0.1) is 0 Å². The number of hydrogen-bond acceptors (Lipinski definition) is 6. The van der Waals surface area contributed by atoms with Gasteiger partial charge in [-0.05, 0) is 31.4 Å². The Labute approximate surface area is 160 Å². The molecule has 0 aliphatic carbocycles. The van der Waals surface area contributed by atoms with E-state index in [1.165, 1.54) is 11.3 Å². The van der Waals surface area contributed by atoms with Crippen LogP contribution in [0.2, 0.25) is 4.34 Å². The summed E-state index contributed by atoms with van der Waals surface area (Å²) in [5.41, 5.74) is 5.66. The molecule has 0 spiro atoms. The van der Waals surface area contributed by atoms with Gasteiger partial charge in [0, 0.05) is 38.2 Å². The van der Waals surface area contributed by atoms with Crippen molar-refractivity contribution < 1.29 is 14.1 Å². The van der Waals surface area contributed by atoms with Crippen LogP contribution in [0.4, 0.5) is 0 Å². The fraction of sp³-hybridized carbons (Fsp3) is 0.471. The Bertz CT molecular complexity index is 776. The Hall–Kier alpha value is -1.90. The quantitative estimate of drug-likeness (QED) is 0.781. The number of piperidine rings is 1. The van der Waals surface area contributed by atoms with Gasteiger partial charge in [-0.25, -0.2) is 0 Å². The Morgan fingerprint density at radius 1 is 1.42 bits per heavy atom. The van der Waals surface area contributed by atoms with Crippen molar-refractivity contribution in [1.82, 2.24) is 15.4 Å².